The number of nitrogens with zero attached hydrogens (tertiary/aromatic N) is 4. The summed E-state index contributed by atoms with van der Waals surface area (Å²) in [5.41, 5.74) is 3.37. The topological polar surface area (TPSA) is 71.2 Å². The molecule has 3 rings (SSSR count). The van der Waals surface area contributed by atoms with Gasteiger partial charge in [-0.15, -0.1) is 0 Å². The molecular weight excluding hydrogens is 344 g/mol. The van der Waals surface area contributed by atoms with Crippen molar-refractivity contribution in [3.8, 4) is 11.4 Å². The van der Waals surface area contributed by atoms with Gasteiger partial charge >= 0.3 is 5.69 Å². The Morgan fingerprint density at radius 1 is 1.15 bits per heavy atom. The normalized spacial score (nSPS) is 12.1. The summed E-state index contributed by atoms with van der Waals surface area (Å²) in [5, 5.41) is 7.69. The zero-order valence-corrected chi connectivity index (χ0v) is 16.0. The van der Waals surface area contributed by atoms with Crippen LogP contribution in [0.2, 0.25) is 0 Å². The van der Waals surface area contributed by atoms with E-state index >= 15 is 0 Å². The molecule has 0 fully saturated rings. The van der Waals surface area contributed by atoms with Crippen molar-refractivity contribution >= 4 is 0 Å². The predicted octanol–water partition coefficient (Wildman–Crippen LogP) is 2.95. The summed E-state index contributed by atoms with van der Waals surface area (Å²) in [5.74, 6) is 0.795. The first-order valence-electron chi connectivity index (χ1n) is 8.93. The van der Waals surface area contributed by atoms with E-state index in [9.17, 15) is 4.79 Å². The summed E-state index contributed by atoms with van der Waals surface area (Å²) >= 11 is 0. The molecule has 0 aliphatic rings. The summed E-state index contributed by atoms with van der Waals surface area (Å²) in [7, 11) is 1.57. The summed E-state index contributed by atoms with van der Waals surface area (Å²) in [6, 6.07) is 13.6. The van der Waals surface area contributed by atoms with Crippen molar-refractivity contribution in [1.29, 1.82) is 0 Å². The molecule has 0 aliphatic heterocycles. The lowest BCUT2D eigenvalue weighted by atomic mass is 10.1. The van der Waals surface area contributed by atoms with Crippen molar-refractivity contribution in [2.24, 2.45) is 7.05 Å². The fraction of sp³-hybridized carbons (Fsp3) is 0.350. The average Bonchev–Trinajstić information content (AvgIpc) is 3.00. The SMILES string of the molecule is CCOC(C)c1ccc(OCc2ccccc2-n2nnn(C)c2=O)c(C)c1. The minimum absolute atomic E-state index is 0.0482. The molecule has 0 saturated heterocycles. The van der Waals surface area contributed by atoms with Crippen LogP contribution < -0.4 is 10.4 Å². The molecule has 1 aromatic heterocycles. The summed E-state index contributed by atoms with van der Waals surface area (Å²) in [6.07, 6.45) is 0.0482. The van der Waals surface area contributed by atoms with Gasteiger partial charge < -0.3 is 9.47 Å². The van der Waals surface area contributed by atoms with E-state index in [-0.39, 0.29) is 11.8 Å². The average molecular weight is 368 g/mol. The van der Waals surface area contributed by atoms with Crippen molar-refractivity contribution in [2.75, 3.05) is 6.61 Å². The first-order valence-corrected chi connectivity index (χ1v) is 8.93. The van der Waals surface area contributed by atoms with Crippen LogP contribution in [0.1, 0.15) is 36.6 Å². The smallest absolute Gasteiger partial charge is 0.368 e. The largest absolute Gasteiger partial charge is 0.489 e. The number of benzene rings is 2. The molecule has 1 heterocycles. The maximum absolute atomic E-state index is 12.2. The molecule has 0 saturated carbocycles. The molecule has 7 nitrogen and oxygen atoms in total. The monoisotopic (exact) mass is 368 g/mol. The van der Waals surface area contributed by atoms with Gasteiger partial charge in [0.05, 0.1) is 11.8 Å². The first-order chi connectivity index (χ1) is 13.0. The molecular formula is C20H24N4O3. The highest BCUT2D eigenvalue weighted by Crippen LogP contribution is 2.25. The van der Waals surface area contributed by atoms with E-state index in [1.54, 1.807) is 7.05 Å². The highest BCUT2D eigenvalue weighted by molar-refractivity contribution is 5.41. The summed E-state index contributed by atoms with van der Waals surface area (Å²) in [4.78, 5) is 12.2. The second kappa shape index (κ2) is 8.18. The van der Waals surface area contributed by atoms with Gasteiger partial charge in [-0.05, 0) is 60.5 Å². The van der Waals surface area contributed by atoms with E-state index in [4.69, 9.17) is 9.47 Å². The van der Waals surface area contributed by atoms with Gasteiger partial charge in [0, 0.05) is 19.2 Å². The van der Waals surface area contributed by atoms with E-state index in [2.05, 4.69) is 16.5 Å². The molecule has 2 aromatic carbocycles. The molecule has 0 spiro atoms. The van der Waals surface area contributed by atoms with Gasteiger partial charge in [0.2, 0.25) is 0 Å². The lowest BCUT2D eigenvalue weighted by Crippen LogP contribution is -2.23. The summed E-state index contributed by atoms with van der Waals surface area (Å²) < 4.78 is 14.1. The molecule has 0 amide bonds. The van der Waals surface area contributed by atoms with Crippen molar-refractivity contribution < 1.29 is 9.47 Å². The molecule has 0 bridgehead atoms. The molecule has 0 radical (unpaired) electrons. The molecule has 0 aliphatic carbocycles. The molecule has 1 atom stereocenters. The number of aromatic nitrogens is 4. The van der Waals surface area contributed by atoms with E-state index in [1.165, 1.54) is 9.36 Å². The third kappa shape index (κ3) is 4.09. The van der Waals surface area contributed by atoms with Gasteiger partial charge in [-0.25, -0.2) is 4.79 Å². The predicted molar refractivity (Wildman–Crippen MR) is 102 cm³/mol. The lowest BCUT2D eigenvalue weighted by Gasteiger charge is -2.16. The number of aryl methyl sites for hydroxylation is 2. The first kappa shape index (κ1) is 18.8. The standard InChI is InChI=1S/C20H24N4O3/c1-5-26-15(3)16-10-11-19(14(2)12-16)27-13-17-8-6-7-9-18(17)24-20(25)23(4)21-22-24/h6-12,15H,5,13H2,1-4H3. The van der Waals surface area contributed by atoms with Crippen LogP contribution in [0.3, 0.4) is 0 Å². The Bertz CT molecular complexity index is 977. The fourth-order valence-electron chi connectivity index (χ4n) is 2.89. The van der Waals surface area contributed by atoms with Crippen LogP contribution >= 0.6 is 0 Å². The molecule has 3 aromatic rings. The second-order valence-corrected chi connectivity index (χ2v) is 6.34. The quantitative estimate of drug-likeness (QED) is 0.641. The maximum Gasteiger partial charge on any atom is 0.368 e. The van der Waals surface area contributed by atoms with Crippen LogP contribution in [0.4, 0.5) is 0 Å². The Hall–Kier alpha value is -2.93. The van der Waals surface area contributed by atoms with E-state index in [1.807, 2.05) is 57.2 Å². The summed E-state index contributed by atoms with van der Waals surface area (Å²) in [6.45, 7) is 7.03. The second-order valence-electron chi connectivity index (χ2n) is 6.34. The number of tetrazole rings is 1. The van der Waals surface area contributed by atoms with Gasteiger partial charge in [-0.2, -0.15) is 9.36 Å². The number of hydrogen-bond donors (Lipinski definition) is 0. The van der Waals surface area contributed by atoms with Crippen LogP contribution in [0.15, 0.2) is 47.3 Å². The number of hydrogen-bond acceptors (Lipinski definition) is 5. The maximum atomic E-state index is 12.2. The van der Waals surface area contributed by atoms with Gasteiger partial charge in [-0.3, -0.25) is 0 Å². The van der Waals surface area contributed by atoms with Crippen LogP contribution in [0.5, 0.6) is 5.75 Å². The molecule has 7 heteroatoms. The van der Waals surface area contributed by atoms with E-state index in [0.29, 0.717) is 18.9 Å². The van der Waals surface area contributed by atoms with Crippen LogP contribution in [-0.2, 0) is 18.4 Å². The van der Waals surface area contributed by atoms with Crippen molar-refractivity contribution in [3.05, 3.63) is 69.6 Å². The Balaban J connectivity index is 1.80. The number of rotatable bonds is 7. The Morgan fingerprint density at radius 2 is 1.93 bits per heavy atom. The Kier molecular flexibility index (Phi) is 5.71. The Labute approximate surface area is 158 Å². The highest BCUT2D eigenvalue weighted by Gasteiger charge is 2.12. The van der Waals surface area contributed by atoms with E-state index in [0.717, 1.165) is 22.4 Å². The van der Waals surface area contributed by atoms with Gasteiger partial charge in [0.1, 0.15) is 12.4 Å². The van der Waals surface area contributed by atoms with Crippen LogP contribution in [-0.4, -0.2) is 26.4 Å². The number of ether oxygens (including phenoxy) is 2. The van der Waals surface area contributed by atoms with Crippen LogP contribution in [0.25, 0.3) is 5.69 Å². The third-order valence-electron chi connectivity index (χ3n) is 4.41. The minimum Gasteiger partial charge on any atom is -0.489 e. The zero-order valence-electron chi connectivity index (χ0n) is 16.0. The van der Waals surface area contributed by atoms with Crippen molar-refractivity contribution in [1.82, 2.24) is 19.8 Å². The van der Waals surface area contributed by atoms with E-state index < -0.39 is 0 Å². The van der Waals surface area contributed by atoms with Crippen molar-refractivity contribution in [3.63, 3.8) is 0 Å². The highest BCUT2D eigenvalue weighted by atomic mass is 16.5. The lowest BCUT2D eigenvalue weighted by molar-refractivity contribution is 0.0763. The third-order valence-corrected chi connectivity index (χ3v) is 4.41. The molecule has 27 heavy (non-hydrogen) atoms. The fourth-order valence-corrected chi connectivity index (χ4v) is 2.89. The van der Waals surface area contributed by atoms with Gasteiger partial charge in [0.15, 0.2) is 0 Å². The van der Waals surface area contributed by atoms with Gasteiger partial charge in [0.25, 0.3) is 0 Å². The van der Waals surface area contributed by atoms with Crippen molar-refractivity contribution in [2.45, 2.75) is 33.5 Å². The zero-order chi connectivity index (χ0) is 19.4. The van der Waals surface area contributed by atoms with Crippen LogP contribution in [0, 0.1) is 6.92 Å². The molecule has 142 valence electrons. The number of para-hydroxylation sites is 1. The molecule has 1 unspecified atom stereocenters. The van der Waals surface area contributed by atoms with Gasteiger partial charge in [-0.1, -0.05) is 24.3 Å². The Morgan fingerprint density at radius 3 is 2.59 bits per heavy atom. The molecule has 0 N–H and O–H groups in total. The minimum atomic E-state index is -0.298.